The molecule has 0 heterocycles. The zero-order valence-corrected chi connectivity index (χ0v) is 10.5. The predicted molar refractivity (Wildman–Crippen MR) is 66.1 cm³/mol. The van der Waals surface area contributed by atoms with Crippen molar-refractivity contribution in [2.24, 2.45) is 5.73 Å². The van der Waals surface area contributed by atoms with Crippen molar-refractivity contribution in [3.8, 4) is 0 Å². The summed E-state index contributed by atoms with van der Waals surface area (Å²) in [6.07, 6.45) is 0. The Balaban J connectivity index is 2.98. The molecule has 1 unspecified atom stereocenters. The van der Waals surface area contributed by atoms with Crippen LogP contribution in [0.2, 0.25) is 5.02 Å². The Kier molecular flexibility index (Phi) is 5.19. The minimum Gasteiger partial charge on any atom is -0.329 e. The van der Waals surface area contributed by atoms with Crippen molar-refractivity contribution in [2.75, 3.05) is 19.6 Å². The van der Waals surface area contributed by atoms with Crippen molar-refractivity contribution in [1.82, 2.24) is 4.90 Å². The predicted octanol–water partition coefficient (Wildman–Crippen LogP) is 2.82. The van der Waals surface area contributed by atoms with Gasteiger partial charge in [-0.05, 0) is 30.8 Å². The minimum atomic E-state index is -0.384. The maximum atomic E-state index is 13.4. The second-order valence-corrected chi connectivity index (χ2v) is 4.05. The molecule has 1 aromatic carbocycles. The molecule has 0 aliphatic heterocycles. The Morgan fingerprint density at radius 3 is 2.44 bits per heavy atom. The second kappa shape index (κ2) is 6.18. The van der Waals surface area contributed by atoms with Crippen LogP contribution in [0.4, 0.5) is 4.39 Å². The Morgan fingerprint density at radius 2 is 2.00 bits per heavy atom. The average molecular weight is 245 g/mol. The Bertz CT molecular complexity index is 340. The lowest BCUT2D eigenvalue weighted by atomic mass is 10.1. The van der Waals surface area contributed by atoms with Gasteiger partial charge in [0.05, 0.1) is 5.02 Å². The summed E-state index contributed by atoms with van der Waals surface area (Å²) in [5.41, 5.74) is 6.63. The SMILES string of the molecule is CCN(CC)C(CN)c1ccc(Cl)c(F)c1. The summed E-state index contributed by atoms with van der Waals surface area (Å²) in [5, 5.41) is 0.152. The number of halogens is 2. The monoisotopic (exact) mass is 244 g/mol. The third-order valence-electron chi connectivity index (χ3n) is 2.80. The summed E-state index contributed by atoms with van der Waals surface area (Å²) in [5.74, 6) is -0.384. The highest BCUT2D eigenvalue weighted by Gasteiger charge is 2.17. The summed E-state index contributed by atoms with van der Waals surface area (Å²) in [7, 11) is 0. The first-order valence-electron chi connectivity index (χ1n) is 5.53. The van der Waals surface area contributed by atoms with Crippen LogP contribution in [0.15, 0.2) is 18.2 Å². The molecule has 90 valence electrons. The van der Waals surface area contributed by atoms with Crippen molar-refractivity contribution < 1.29 is 4.39 Å². The van der Waals surface area contributed by atoms with Crippen LogP contribution < -0.4 is 5.73 Å². The molecule has 1 rings (SSSR count). The Labute approximate surface area is 101 Å². The van der Waals surface area contributed by atoms with Crippen LogP contribution in [0.5, 0.6) is 0 Å². The van der Waals surface area contributed by atoms with E-state index in [1.54, 1.807) is 6.07 Å². The van der Waals surface area contributed by atoms with Gasteiger partial charge in [0, 0.05) is 12.6 Å². The van der Waals surface area contributed by atoms with Gasteiger partial charge in [-0.15, -0.1) is 0 Å². The number of nitrogens with two attached hydrogens (primary N) is 1. The lowest BCUT2D eigenvalue weighted by molar-refractivity contribution is 0.223. The number of benzene rings is 1. The summed E-state index contributed by atoms with van der Waals surface area (Å²) in [4.78, 5) is 2.20. The van der Waals surface area contributed by atoms with E-state index >= 15 is 0 Å². The number of hydrogen-bond donors (Lipinski definition) is 1. The van der Waals surface area contributed by atoms with Crippen LogP contribution in [0.25, 0.3) is 0 Å². The van der Waals surface area contributed by atoms with Gasteiger partial charge in [-0.3, -0.25) is 4.90 Å². The molecule has 1 aromatic rings. The zero-order chi connectivity index (χ0) is 12.1. The first kappa shape index (κ1) is 13.4. The highest BCUT2D eigenvalue weighted by atomic mass is 35.5. The first-order chi connectivity index (χ1) is 7.63. The van der Waals surface area contributed by atoms with Crippen LogP contribution in [0.1, 0.15) is 25.5 Å². The van der Waals surface area contributed by atoms with Crippen LogP contribution >= 0.6 is 11.6 Å². The van der Waals surface area contributed by atoms with Gasteiger partial charge in [0.25, 0.3) is 0 Å². The minimum absolute atomic E-state index is 0.0572. The lowest BCUT2D eigenvalue weighted by Crippen LogP contribution is -2.33. The molecule has 0 radical (unpaired) electrons. The summed E-state index contributed by atoms with van der Waals surface area (Å²) in [6, 6.07) is 4.94. The average Bonchev–Trinajstić information content (AvgIpc) is 2.29. The normalized spacial score (nSPS) is 13.1. The van der Waals surface area contributed by atoms with E-state index in [0.717, 1.165) is 18.7 Å². The highest BCUT2D eigenvalue weighted by molar-refractivity contribution is 6.30. The van der Waals surface area contributed by atoms with Crippen LogP contribution in [0.3, 0.4) is 0 Å². The number of nitrogens with zero attached hydrogens (tertiary/aromatic N) is 1. The third kappa shape index (κ3) is 2.94. The van der Waals surface area contributed by atoms with Crippen LogP contribution in [0, 0.1) is 5.82 Å². The van der Waals surface area contributed by atoms with Gasteiger partial charge in [0.15, 0.2) is 0 Å². The molecule has 0 saturated carbocycles. The van der Waals surface area contributed by atoms with E-state index in [0.29, 0.717) is 6.54 Å². The van der Waals surface area contributed by atoms with Crippen molar-refractivity contribution in [3.63, 3.8) is 0 Å². The molecule has 0 spiro atoms. The summed E-state index contributed by atoms with van der Waals surface area (Å²) in [6.45, 7) is 6.39. The lowest BCUT2D eigenvalue weighted by Gasteiger charge is -2.29. The third-order valence-corrected chi connectivity index (χ3v) is 3.11. The molecule has 0 saturated heterocycles. The van der Waals surface area contributed by atoms with Gasteiger partial charge in [0.1, 0.15) is 5.82 Å². The van der Waals surface area contributed by atoms with Gasteiger partial charge in [-0.25, -0.2) is 4.39 Å². The van der Waals surface area contributed by atoms with Gasteiger partial charge >= 0.3 is 0 Å². The van der Waals surface area contributed by atoms with Crippen LogP contribution in [-0.2, 0) is 0 Å². The molecule has 0 bridgehead atoms. The van der Waals surface area contributed by atoms with Crippen molar-refractivity contribution >= 4 is 11.6 Å². The fourth-order valence-corrected chi connectivity index (χ4v) is 2.00. The fourth-order valence-electron chi connectivity index (χ4n) is 1.88. The smallest absolute Gasteiger partial charge is 0.142 e. The van der Waals surface area contributed by atoms with Crippen molar-refractivity contribution in [3.05, 3.63) is 34.6 Å². The van der Waals surface area contributed by atoms with E-state index in [-0.39, 0.29) is 16.9 Å². The first-order valence-corrected chi connectivity index (χ1v) is 5.90. The molecule has 0 fully saturated rings. The molecule has 0 aliphatic carbocycles. The standard InChI is InChI=1S/C12H18ClFN2/c1-3-16(4-2)12(8-15)9-5-6-10(13)11(14)7-9/h5-7,12H,3-4,8,15H2,1-2H3. The molecule has 0 aromatic heterocycles. The quantitative estimate of drug-likeness (QED) is 0.863. The Morgan fingerprint density at radius 1 is 1.38 bits per heavy atom. The molecular weight excluding hydrogens is 227 g/mol. The molecule has 2 nitrogen and oxygen atoms in total. The fraction of sp³-hybridized carbons (Fsp3) is 0.500. The molecule has 2 N–H and O–H groups in total. The largest absolute Gasteiger partial charge is 0.329 e. The maximum Gasteiger partial charge on any atom is 0.142 e. The topological polar surface area (TPSA) is 29.3 Å². The van der Waals surface area contributed by atoms with E-state index in [2.05, 4.69) is 18.7 Å². The second-order valence-electron chi connectivity index (χ2n) is 3.65. The van der Waals surface area contributed by atoms with Crippen LogP contribution in [-0.4, -0.2) is 24.5 Å². The zero-order valence-electron chi connectivity index (χ0n) is 9.71. The number of rotatable bonds is 5. The molecule has 0 aliphatic rings. The molecular formula is C12H18ClFN2. The summed E-state index contributed by atoms with van der Waals surface area (Å²) < 4.78 is 13.4. The van der Waals surface area contributed by atoms with Gasteiger partial charge in [-0.1, -0.05) is 31.5 Å². The van der Waals surface area contributed by atoms with Gasteiger partial charge in [-0.2, -0.15) is 0 Å². The summed E-state index contributed by atoms with van der Waals surface area (Å²) >= 11 is 5.66. The number of likely N-dealkylation sites (N-methyl/N-ethyl adjacent to an activating group) is 1. The van der Waals surface area contributed by atoms with Gasteiger partial charge in [0.2, 0.25) is 0 Å². The van der Waals surface area contributed by atoms with E-state index < -0.39 is 0 Å². The maximum absolute atomic E-state index is 13.4. The Hall–Kier alpha value is -0.640. The van der Waals surface area contributed by atoms with Gasteiger partial charge < -0.3 is 5.73 Å². The molecule has 16 heavy (non-hydrogen) atoms. The van der Waals surface area contributed by atoms with E-state index in [1.165, 1.54) is 6.07 Å². The van der Waals surface area contributed by atoms with E-state index in [4.69, 9.17) is 17.3 Å². The van der Waals surface area contributed by atoms with E-state index in [1.807, 2.05) is 6.07 Å². The molecule has 4 heteroatoms. The van der Waals surface area contributed by atoms with Crippen molar-refractivity contribution in [2.45, 2.75) is 19.9 Å². The molecule has 0 amide bonds. The highest BCUT2D eigenvalue weighted by Crippen LogP contribution is 2.23. The van der Waals surface area contributed by atoms with E-state index in [9.17, 15) is 4.39 Å². The van der Waals surface area contributed by atoms with Crippen molar-refractivity contribution in [1.29, 1.82) is 0 Å². The molecule has 1 atom stereocenters. The number of hydrogen-bond acceptors (Lipinski definition) is 2.